The molecule has 0 saturated heterocycles. The van der Waals surface area contributed by atoms with Crippen LogP contribution in [0.2, 0.25) is 0 Å². The van der Waals surface area contributed by atoms with E-state index in [0.29, 0.717) is 35.7 Å². The second kappa shape index (κ2) is 9.97. The molecule has 0 radical (unpaired) electrons. The number of carbonyl (C=O) groups is 1. The predicted octanol–water partition coefficient (Wildman–Crippen LogP) is 3.27. The fourth-order valence-corrected chi connectivity index (χ4v) is 2.84. The Kier molecular flexibility index (Phi) is 7.67. The minimum atomic E-state index is -0.441. The average molecular weight is 443 g/mol. The molecule has 0 saturated carbocycles. The van der Waals surface area contributed by atoms with Gasteiger partial charge in [-0.15, -0.1) is 11.3 Å². The van der Waals surface area contributed by atoms with Gasteiger partial charge in [0.15, 0.2) is 18.1 Å². The number of esters is 1. The molecular weight excluding hydrogens is 424 g/mol. The van der Waals surface area contributed by atoms with Gasteiger partial charge >= 0.3 is 5.97 Å². The number of rotatable bonds is 9. The van der Waals surface area contributed by atoms with Crippen molar-refractivity contribution in [3.63, 3.8) is 0 Å². The Morgan fingerprint density at radius 3 is 2.77 bits per heavy atom. The molecular formula is C16H19BrN4O4S. The topological polar surface area (TPSA) is 108 Å². The van der Waals surface area contributed by atoms with Gasteiger partial charge in [0.05, 0.1) is 19.4 Å². The number of hydrogen-bond acceptors (Lipinski definition) is 9. The highest BCUT2D eigenvalue weighted by Crippen LogP contribution is 2.33. The predicted molar refractivity (Wildman–Crippen MR) is 105 cm³/mol. The van der Waals surface area contributed by atoms with Gasteiger partial charge in [0.25, 0.3) is 0 Å². The Morgan fingerprint density at radius 2 is 2.12 bits per heavy atom. The van der Waals surface area contributed by atoms with E-state index in [2.05, 4.69) is 31.4 Å². The van der Waals surface area contributed by atoms with E-state index in [4.69, 9.17) is 19.9 Å². The second-order valence-electron chi connectivity index (χ2n) is 4.79. The first-order valence-electron chi connectivity index (χ1n) is 7.78. The summed E-state index contributed by atoms with van der Waals surface area (Å²) in [7, 11) is 0. The van der Waals surface area contributed by atoms with Crippen molar-refractivity contribution >= 4 is 50.4 Å². The number of nitrogens with zero attached hydrogens (tertiary/aromatic N) is 2. The van der Waals surface area contributed by atoms with Gasteiger partial charge in [-0.3, -0.25) is 5.43 Å². The van der Waals surface area contributed by atoms with Gasteiger partial charge in [0.1, 0.15) is 5.82 Å². The maximum absolute atomic E-state index is 11.5. The fourth-order valence-electron chi connectivity index (χ4n) is 1.86. The number of hydrogen-bond donors (Lipinski definition) is 2. The summed E-state index contributed by atoms with van der Waals surface area (Å²) in [4.78, 5) is 15.5. The van der Waals surface area contributed by atoms with Gasteiger partial charge in [0, 0.05) is 15.4 Å². The first-order valence-corrected chi connectivity index (χ1v) is 9.45. The molecule has 8 nitrogen and oxygen atoms in total. The number of nitrogens with one attached hydrogen (secondary N) is 1. The Balaban J connectivity index is 2.12. The summed E-state index contributed by atoms with van der Waals surface area (Å²) >= 11 is 4.81. The summed E-state index contributed by atoms with van der Waals surface area (Å²) < 4.78 is 16.7. The Hall–Kier alpha value is -2.33. The Bertz CT molecular complexity index is 782. The molecule has 0 spiro atoms. The highest BCUT2D eigenvalue weighted by molar-refractivity contribution is 9.10. The van der Waals surface area contributed by atoms with Gasteiger partial charge in [0.2, 0.25) is 5.13 Å². The third kappa shape index (κ3) is 5.88. The molecule has 2 rings (SSSR count). The van der Waals surface area contributed by atoms with Crippen LogP contribution in [0.4, 0.5) is 10.9 Å². The number of nitrogen functional groups attached to an aromatic ring is 1. The minimum absolute atomic E-state index is 0.194. The van der Waals surface area contributed by atoms with Crippen LogP contribution in [0.3, 0.4) is 0 Å². The van der Waals surface area contributed by atoms with Crippen molar-refractivity contribution in [1.29, 1.82) is 0 Å². The Morgan fingerprint density at radius 1 is 1.35 bits per heavy atom. The lowest BCUT2D eigenvalue weighted by Crippen LogP contribution is -2.15. The quantitative estimate of drug-likeness (QED) is 0.348. The fraction of sp³-hybridized carbons (Fsp3) is 0.312. The zero-order valence-electron chi connectivity index (χ0n) is 14.3. The molecule has 1 heterocycles. The van der Waals surface area contributed by atoms with Crippen molar-refractivity contribution in [1.82, 2.24) is 4.98 Å². The van der Waals surface area contributed by atoms with Crippen molar-refractivity contribution < 1.29 is 19.0 Å². The van der Waals surface area contributed by atoms with Crippen LogP contribution in [0, 0.1) is 0 Å². The van der Waals surface area contributed by atoms with Crippen LogP contribution in [0.1, 0.15) is 19.4 Å². The molecule has 1 aromatic carbocycles. The Labute approximate surface area is 163 Å². The number of hydrazone groups is 1. The number of nitrogens with two attached hydrogens (primary N) is 1. The number of halogens is 1. The van der Waals surface area contributed by atoms with Crippen molar-refractivity contribution in [3.05, 3.63) is 27.5 Å². The molecule has 0 amide bonds. The van der Waals surface area contributed by atoms with E-state index < -0.39 is 5.97 Å². The van der Waals surface area contributed by atoms with Crippen LogP contribution in [0.5, 0.6) is 11.5 Å². The third-order valence-corrected chi connectivity index (χ3v) is 4.35. The summed E-state index contributed by atoms with van der Waals surface area (Å²) in [5.41, 5.74) is 9.12. The summed E-state index contributed by atoms with van der Waals surface area (Å²) in [5.74, 6) is 0.934. The van der Waals surface area contributed by atoms with E-state index in [-0.39, 0.29) is 6.61 Å². The highest BCUT2D eigenvalue weighted by atomic mass is 79.9. The summed E-state index contributed by atoms with van der Waals surface area (Å²) in [5, 5.41) is 6.44. The summed E-state index contributed by atoms with van der Waals surface area (Å²) in [6, 6.07) is 3.47. The monoisotopic (exact) mass is 442 g/mol. The van der Waals surface area contributed by atoms with Crippen LogP contribution in [0.15, 0.2) is 27.1 Å². The minimum Gasteiger partial charge on any atom is -0.490 e. The molecule has 1 aromatic heterocycles. The van der Waals surface area contributed by atoms with Crippen LogP contribution in [-0.4, -0.2) is 37.0 Å². The van der Waals surface area contributed by atoms with Gasteiger partial charge in [-0.2, -0.15) is 5.10 Å². The lowest BCUT2D eigenvalue weighted by molar-refractivity contribution is -0.145. The number of anilines is 2. The van der Waals surface area contributed by atoms with Gasteiger partial charge in [-0.05, 0) is 41.9 Å². The van der Waals surface area contributed by atoms with Crippen LogP contribution >= 0.6 is 27.3 Å². The molecule has 3 N–H and O–H groups in total. The smallest absolute Gasteiger partial charge is 0.344 e. The zero-order chi connectivity index (χ0) is 18.9. The molecule has 0 fully saturated rings. The molecule has 0 aliphatic rings. The molecule has 0 unspecified atom stereocenters. The van der Waals surface area contributed by atoms with E-state index in [1.165, 1.54) is 11.3 Å². The first-order chi connectivity index (χ1) is 12.5. The van der Waals surface area contributed by atoms with E-state index in [0.717, 1.165) is 10.0 Å². The van der Waals surface area contributed by atoms with Crippen molar-refractivity contribution in [3.8, 4) is 11.5 Å². The number of aromatic nitrogens is 1. The summed E-state index contributed by atoms with van der Waals surface area (Å²) in [6.07, 6.45) is 1.61. The lowest BCUT2D eigenvalue weighted by Gasteiger charge is -2.13. The zero-order valence-corrected chi connectivity index (χ0v) is 16.7. The van der Waals surface area contributed by atoms with E-state index >= 15 is 0 Å². The molecule has 0 aliphatic heterocycles. The van der Waals surface area contributed by atoms with E-state index in [1.54, 1.807) is 30.7 Å². The largest absolute Gasteiger partial charge is 0.490 e. The number of ether oxygens (including phenoxy) is 3. The van der Waals surface area contributed by atoms with Crippen LogP contribution in [-0.2, 0) is 9.53 Å². The molecule has 0 aliphatic carbocycles. The molecule has 140 valence electrons. The number of thiazole rings is 1. The number of carbonyl (C=O) groups excluding carboxylic acids is 1. The van der Waals surface area contributed by atoms with Gasteiger partial charge in [-0.1, -0.05) is 0 Å². The SMILES string of the molecule is CCOC(=O)COc1cc(Br)c(C=NNc2nc(N)cs2)cc1OCC. The first kappa shape index (κ1) is 20.0. The van der Waals surface area contributed by atoms with Gasteiger partial charge < -0.3 is 19.9 Å². The average Bonchev–Trinajstić information content (AvgIpc) is 3.01. The highest BCUT2D eigenvalue weighted by Gasteiger charge is 2.12. The molecule has 10 heteroatoms. The normalized spacial score (nSPS) is 10.7. The van der Waals surface area contributed by atoms with Gasteiger partial charge in [-0.25, -0.2) is 9.78 Å². The van der Waals surface area contributed by atoms with Crippen molar-refractivity contribution in [2.45, 2.75) is 13.8 Å². The molecule has 2 aromatic rings. The molecule has 26 heavy (non-hydrogen) atoms. The molecule has 0 atom stereocenters. The van der Waals surface area contributed by atoms with Crippen molar-refractivity contribution in [2.24, 2.45) is 5.10 Å². The molecule has 0 bridgehead atoms. The third-order valence-electron chi connectivity index (χ3n) is 2.90. The second-order valence-corrected chi connectivity index (χ2v) is 6.51. The maximum Gasteiger partial charge on any atom is 0.344 e. The van der Waals surface area contributed by atoms with E-state index in [9.17, 15) is 4.79 Å². The summed E-state index contributed by atoms with van der Waals surface area (Å²) in [6.45, 7) is 4.16. The lowest BCUT2D eigenvalue weighted by atomic mass is 10.2. The van der Waals surface area contributed by atoms with Crippen molar-refractivity contribution in [2.75, 3.05) is 31.0 Å². The standard InChI is InChI=1S/C16H19BrN4O4S/c1-3-23-12-5-10(7-19-21-16-20-14(18)9-26-16)11(17)6-13(12)25-8-15(22)24-4-2/h5-7,9H,3-4,8,18H2,1-2H3,(H,20,21). The number of benzene rings is 1. The maximum atomic E-state index is 11.5. The van der Waals surface area contributed by atoms with Crippen LogP contribution < -0.4 is 20.6 Å². The van der Waals surface area contributed by atoms with Crippen LogP contribution in [0.25, 0.3) is 0 Å². The van der Waals surface area contributed by atoms with E-state index in [1.807, 2.05) is 6.92 Å².